The van der Waals surface area contributed by atoms with Gasteiger partial charge in [0.15, 0.2) is 0 Å². The molecule has 44 heavy (non-hydrogen) atoms. The van der Waals surface area contributed by atoms with Crippen LogP contribution in [0.25, 0.3) is 0 Å². The highest BCUT2D eigenvalue weighted by Crippen LogP contribution is 2.19. The van der Waals surface area contributed by atoms with Crippen LogP contribution in [0.15, 0.2) is 118 Å². The molecule has 9 nitrogen and oxygen atoms in total. The minimum Gasteiger partial charge on any atom is -0.210 e. The molecule has 0 heterocycles. The lowest BCUT2D eigenvalue weighted by Gasteiger charge is -2.28. The van der Waals surface area contributed by atoms with E-state index in [2.05, 4.69) is 9.44 Å². The third kappa shape index (κ3) is 8.84. The standard InChI is InChI=1S/C32H37N3O6S3/c1-25-9-15-30(16-10-25)42(36,37)33-21-22-35(44(40,41)32-19-13-27(3)14-20-32)24-29(23-28-7-5-4-6-8-28)34-43(38,39)31-17-11-26(2)12-18-31/h4-20,29,33-34H,21-24H2,1-3H3. The molecule has 0 saturated heterocycles. The average molecular weight is 656 g/mol. The Bertz CT molecular complexity index is 1860. The SMILES string of the molecule is Cc1ccc(S(=O)(=O)NCCN(CC(Cc2ccccc2)NS(=O)(=O)c2ccc(C)cc2)S(=O)(=O)c2ccc(C)cc2)cc1. The maximum Gasteiger partial charge on any atom is 0.243 e. The minimum atomic E-state index is -4.16. The van der Waals surface area contributed by atoms with Crippen molar-refractivity contribution in [2.24, 2.45) is 0 Å². The molecule has 0 radical (unpaired) electrons. The van der Waals surface area contributed by atoms with Crippen molar-refractivity contribution in [2.75, 3.05) is 19.6 Å². The van der Waals surface area contributed by atoms with Crippen molar-refractivity contribution in [1.82, 2.24) is 13.7 Å². The van der Waals surface area contributed by atoms with Gasteiger partial charge in [0.2, 0.25) is 30.1 Å². The van der Waals surface area contributed by atoms with Crippen LogP contribution in [0.5, 0.6) is 0 Å². The summed E-state index contributed by atoms with van der Waals surface area (Å²) in [4.78, 5) is 0.133. The van der Waals surface area contributed by atoms with Crippen LogP contribution in [-0.2, 0) is 36.5 Å². The molecule has 0 aliphatic rings. The minimum absolute atomic E-state index is 0.0179. The Hall–Kier alpha value is -3.39. The maximum absolute atomic E-state index is 13.9. The lowest BCUT2D eigenvalue weighted by molar-refractivity contribution is 0.372. The van der Waals surface area contributed by atoms with E-state index in [0.717, 1.165) is 26.6 Å². The van der Waals surface area contributed by atoms with Crippen molar-refractivity contribution in [3.63, 3.8) is 0 Å². The second-order valence-corrected chi connectivity index (χ2v) is 16.1. The Morgan fingerprint density at radius 2 is 1.05 bits per heavy atom. The van der Waals surface area contributed by atoms with Crippen molar-refractivity contribution in [1.29, 1.82) is 0 Å². The number of benzene rings is 4. The molecule has 1 unspecified atom stereocenters. The van der Waals surface area contributed by atoms with Gasteiger partial charge in [0, 0.05) is 25.7 Å². The van der Waals surface area contributed by atoms with Gasteiger partial charge < -0.3 is 0 Å². The molecule has 0 spiro atoms. The molecule has 4 aromatic rings. The number of hydrogen-bond donors (Lipinski definition) is 2. The van der Waals surface area contributed by atoms with Gasteiger partial charge in [0.05, 0.1) is 14.7 Å². The largest absolute Gasteiger partial charge is 0.243 e. The molecule has 1 atom stereocenters. The quantitative estimate of drug-likeness (QED) is 0.210. The molecule has 12 heteroatoms. The number of aryl methyl sites for hydroxylation is 3. The topological polar surface area (TPSA) is 130 Å². The number of nitrogens with zero attached hydrogens (tertiary/aromatic N) is 1. The normalized spacial score (nSPS) is 13.2. The highest BCUT2D eigenvalue weighted by molar-refractivity contribution is 7.90. The van der Waals surface area contributed by atoms with Gasteiger partial charge in [-0.05, 0) is 69.2 Å². The van der Waals surface area contributed by atoms with Crippen LogP contribution >= 0.6 is 0 Å². The van der Waals surface area contributed by atoms with Crippen molar-refractivity contribution >= 4 is 30.1 Å². The van der Waals surface area contributed by atoms with E-state index in [1.807, 2.05) is 51.1 Å². The van der Waals surface area contributed by atoms with Crippen LogP contribution in [0.2, 0.25) is 0 Å². The van der Waals surface area contributed by atoms with Crippen molar-refractivity contribution in [3.05, 3.63) is 125 Å². The second-order valence-electron chi connectivity index (χ2n) is 10.7. The first-order valence-corrected chi connectivity index (χ1v) is 18.4. The summed E-state index contributed by atoms with van der Waals surface area (Å²) in [5.41, 5.74) is 3.47. The highest BCUT2D eigenvalue weighted by Gasteiger charge is 2.30. The van der Waals surface area contributed by atoms with Crippen molar-refractivity contribution < 1.29 is 25.3 Å². The fraction of sp³-hybridized carbons (Fsp3) is 0.250. The van der Waals surface area contributed by atoms with E-state index in [9.17, 15) is 25.3 Å². The Labute approximate surface area is 261 Å². The molecular weight excluding hydrogens is 619 g/mol. The molecule has 234 valence electrons. The first-order valence-electron chi connectivity index (χ1n) is 14.0. The van der Waals surface area contributed by atoms with E-state index in [0.29, 0.717) is 0 Å². The van der Waals surface area contributed by atoms with Gasteiger partial charge >= 0.3 is 0 Å². The van der Waals surface area contributed by atoms with Crippen LogP contribution in [-0.4, -0.2) is 55.2 Å². The third-order valence-corrected chi connectivity index (χ3v) is 11.9. The number of sulfonamides is 3. The van der Waals surface area contributed by atoms with Gasteiger partial charge in [0.1, 0.15) is 0 Å². The predicted molar refractivity (Wildman–Crippen MR) is 172 cm³/mol. The Morgan fingerprint density at radius 3 is 1.55 bits per heavy atom. The fourth-order valence-electron chi connectivity index (χ4n) is 4.57. The summed E-state index contributed by atoms with van der Waals surface area (Å²) in [6.07, 6.45) is 0.195. The molecule has 4 aromatic carbocycles. The second kappa shape index (κ2) is 14.1. The molecule has 0 amide bonds. The number of nitrogens with one attached hydrogen (secondary N) is 2. The first-order chi connectivity index (χ1) is 20.8. The van der Waals surface area contributed by atoms with Gasteiger partial charge in [-0.2, -0.15) is 4.31 Å². The summed E-state index contributed by atoms with van der Waals surface area (Å²) >= 11 is 0. The summed E-state index contributed by atoms with van der Waals surface area (Å²) in [6, 6.07) is 27.3. The molecular formula is C32H37N3O6S3. The van der Waals surface area contributed by atoms with Crippen molar-refractivity contribution in [3.8, 4) is 0 Å². The van der Waals surface area contributed by atoms with E-state index in [1.165, 1.54) is 36.4 Å². The zero-order valence-corrected chi connectivity index (χ0v) is 27.3. The Kier molecular flexibility index (Phi) is 10.8. The van der Waals surface area contributed by atoms with Crippen LogP contribution in [0.1, 0.15) is 22.3 Å². The molecule has 4 rings (SSSR count). The van der Waals surface area contributed by atoms with Crippen LogP contribution < -0.4 is 9.44 Å². The Morgan fingerprint density at radius 1 is 0.591 bits per heavy atom. The smallest absolute Gasteiger partial charge is 0.210 e. The lowest BCUT2D eigenvalue weighted by atomic mass is 10.1. The summed E-state index contributed by atoms with van der Waals surface area (Å²) < 4.78 is 87.0. The average Bonchev–Trinajstić information content (AvgIpc) is 2.97. The zero-order valence-electron chi connectivity index (χ0n) is 24.8. The van der Waals surface area contributed by atoms with Crippen molar-refractivity contribution in [2.45, 2.75) is 47.9 Å². The number of hydrogen-bond acceptors (Lipinski definition) is 6. The number of rotatable bonds is 14. The Balaban J connectivity index is 1.65. The molecule has 0 bridgehead atoms. The molecule has 0 aliphatic heterocycles. The van der Waals surface area contributed by atoms with E-state index < -0.39 is 36.1 Å². The van der Waals surface area contributed by atoms with Gasteiger partial charge in [-0.15, -0.1) is 0 Å². The van der Waals surface area contributed by atoms with E-state index in [4.69, 9.17) is 0 Å². The zero-order chi connectivity index (χ0) is 32.0. The van der Waals surface area contributed by atoms with E-state index >= 15 is 0 Å². The van der Waals surface area contributed by atoms with Gasteiger partial charge in [-0.25, -0.2) is 34.7 Å². The summed E-state index contributed by atoms with van der Waals surface area (Å²) in [5.74, 6) is 0. The first kappa shape index (κ1) is 33.5. The monoisotopic (exact) mass is 655 g/mol. The lowest BCUT2D eigenvalue weighted by Crippen LogP contribution is -2.48. The van der Waals surface area contributed by atoms with Gasteiger partial charge in [-0.1, -0.05) is 83.4 Å². The van der Waals surface area contributed by atoms with Gasteiger partial charge in [0.25, 0.3) is 0 Å². The summed E-state index contributed by atoms with van der Waals surface area (Å²) in [6.45, 7) is 4.81. The summed E-state index contributed by atoms with van der Waals surface area (Å²) in [5, 5.41) is 0. The predicted octanol–water partition coefficient (Wildman–Crippen LogP) is 4.17. The van der Waals surface area contributed by atoms with Crippen LogP contribution in [0.4, 0.5) is 0 Å². The fourth-order valence-corrected chi connectivity index (χ4v) is 8.30. The van der Waals surface area contributed by atoms with E-state index in [-0.39, 0.29) is 40.7 Å². The highest BCUT2D eigenvalue weighted by atomic mass is 32.2. The summed E-state index contributed by atoms with van der Waals surface area (Å²) in [7, 11) is -12.1. The van der Waals surface area contributed by atoms with Gasteiger partial charge in [-0.3, -0.25) is 0 Å². The van der Waals surface area contributed by atoms with Crippen LogP contribution in [0, 0.1) is 20.8 Å². The molecule has 0 saturated carbocycles. The maximum atomic E-state index is 13.9. The molecule has 0 aliphatic carbocycles. The molecule has 2 N–H and O–H groups in total. The van der Waals surface area contributed by atoms with E-state index in [1.54, 1.807) is 36.4 Å². The van der Waals surface area contributed by atoms with Crippen LogP contribution in [0.3, 0.4) is 0 Å². The third-order valence-electron chi connectivity index (χ3n) is 7.05. The molecule has 0 aromatic heterocycles. The molecule has 0 fully saturated rings.